The molecule has 0 unspecified atom stereocenters. The number of carbonyl (C=O) groups excluding carboxylic acids is 1. The van der Waals surface area contributed by atoms with Gasteiger partial charge >= 0.3 is 5.97 Å². The number of carboxylic acids is 1. The van der Waals surface area contributed by atoms with Gasteiger partial charge in [0.15, 0.2) is 16.6 Å². The van der Waals surface area contributed by atoms with Crippen molar-refractivity contribution >= 4 is 34.4 Å². The minimum Gasteiger partial charge on any atom is -0.493 e. The summed E-state index contributed by atoms with van der Waals surface area (Å²) >= 11 is 1.08. The first-order valence-electron chi connectivity index (χ1n) is 10.9. The zero-order valence-corrected chi connectivity index (χ0v) is 20.8. The number of para-hydroxylation sites is 1. The highest BCUT2D eigenvalue weighted by Gasteiger charge is 2.14. The van der Waals surface area contributed by atoms with Crippen molar-refractivity contribution in [3.8, 4) is 23.3 Å². The third-order valence-electron chi connectivity index (χ3n) is 4.96. The molecular weight excluding hydrogens is 482 g/mol. The van der Waals surface area contributed by atoms with Crippen molar-refractivity contribution in [1.29, 1.82) is 5.26 Å². The molecule has 0 radical (unpaired) electrons. The number of hydrogen-bond acceptors (Lipinski definition) is 8. The number of rotatable bonds is 11. The topological polar surface area (TPSA) is 131 Å². The number of thiazole rings is 1. The van der Waals surface area contributed by atoms with E-state index in [-0.39, 0.29) is 17.1 Å². The van der Waals surface area contributed by atoms with Crippen LogP contribution in [0.1, 0.15) is 22.4 Å². The molecule has 0 atom stereocenters. The van der Waals surface area contributed by atoms with E-state index in [1.807, 2.05) is 38.1 Å². The molecule has 0 aliphatic rings. The Balaban J connectivity index is 1.63. The lowest BCUT2D eigenvalue weighted by Gasteiger charge is -2.14. The van der Waals surface area contributed by atoms with Crippen molar-refractivity contribution in [3.05, 3.63) is 69.7 Å². The molecule has 3 rings (SSSR count). The molecule has 10 heteroatoms. The molecule has 3 aromatic rings. The Morgan fingerprint density at radius 2 is 1.86 bits per heavy atom. The van der Waals surface area contributed by atoms with Crippen LogP contribution in [0.4, 0.5) is 5.13 Å². The zero-order valence-electron chi connectivity index (χ0n) is 20.0. The molecule has 0 bridgehead atoms. The summed E-state index contributed by atoms with van der Waals surface area (Å²) in [5.41, 5.74) is 2.84. The van der Waals surface area contributed by atoms with Crippen LogP contribution in [-0.2, 0) is 16.0 Å². The SMILES string of the molecule is COc1cc(C=C(C#N)C(=O)Nc2nc(CC(=O)O)cs2)ccc1OCCOc1c(C)cccc1C. The highest BCUT2D eigenvalue weighted by molar-refractivity contribution is 7.14. The van der Waals surface area contributed by atoms with Gasteiger partial charge in [-0.15, -0.1) is 11.3 Å². The van der Waals surface area contributed by atoms with E-state index in [2.05, 4.69) is 10.3 Å². The van der Waals surface area contributed by atoms with Crippen LogP contribution in [0.5, 0.6) is 17.2 Å². The lowest BCUT2D eigenvalue weighted by atomic mass is 10.1. The van der Waals surface area contributed by atoms with Gasteiger partial charge < -0.3 is 19.3 Å². The third-order valence-corrected chi connectivity index (χ3v) is 5.77. The second kappa shape index (κ2) is 12.4. The standard InChI is InChI=1S/C26H25N3O6S/c1-16-5-4-6-17(2)24(16)35-10-9-34-21-8-7-18(12-22(21)33-3)11-19(14-27)25(32)29-26-28-20(15-36-26)13-23(30)31/h4-8,11-12,15H,9-10,13H2,1-3H3,(H,30,31)(H,28,29,32). The van der Waals surface area contributed by atoms with E-state index < -0.39 is 11.9 Å². The van der Waals surface area contributed by atoms with Crippen molar-refractivity contribution in [3.63, 3.8) is 0 Å². The number of nitrogens with one attached hydrogen (secondary N) is 1. The van der Waals surface area contributed by atoms with Gasteiger partial charge in [-0.05, 0) is 48.7 Å². The van der Waals surface area contributed by atoms with Gasteiger partial charge in [-0.25, -0.2) is 4.98 Å². The van der Waals surface area contributed by atoms with Crippen molar-refractivity contribution in [1.82, 2.24) is 4.98 Å². The smallest absolute Gasteiger partial charge is 0.309 e. The Kier molecular flexibility index (Phi) is 9.02. The molecule has 2 N–H and O–H groups in total. The number of aryl methyl sites for hydroxylation is 2. The van der Waals surface area contributed by atoms with Crippen LogP contribution in [0.3, 0.4) is 0 Å². The fraction of sp³-hybridized carbons (Fsp3) is 0.231. The number of aliphatic carboxylic acids is 1. The van der Waals surface area contributed by atoms with Gasteiger partial charge in [-0.3, -0.25) is 14.9 Å². The summed E-state index contributed by atoms with van der Waals surface area (Å²) < 4.78 is 17.1. The molecule has 9 nitrogen and oxygen atoms in total. The van der Waals surface area contributed by atoms with E-state index in [0.29, 0.717) is 36.0 Å². The summed E-state index contributed by atoms with van der Waals surface area (Å²) in [7, 11) is 1.50. The molecule has 36 heavy (non-hydrogen) atoms. The molecule has 186 valence electrons. The van der Waals surface area contributed by atoms with E-state index in [0.717, 1.165) is 28.2 Å². The zero-order chi connectivity index (χ0) is 26.1. The molecule has 0 spiro atoms. The first-order chi connectivity index (χ1) is 17.3. The normalized spacial score (nSPS) is 10.9. The second-order valence-corrected chi connectivity index (χ2v) is 8.52. The Bertz CT molecular complexity index is 1310. The Labute approximate surface area is 212 Å². The average molecular weight is 508 g/mol. The van der Waals surface area contributed by atoms with Gasteiger partial charge in [0.05, 0.1) is 19.2 Å². The van der Waals surface area contributed by atoms with Gasteiger partial charge in [0, 0.05) is 5.38 Å². The van der Waals surface area contributed by atoms with Gasteiger partial charge in [-0.2, -0.15) is 5.26 Å². The predicted molar refractivity (Wildman–Crippen MR) is 136 cm³/mol. The quantitative estimate of drug-likeness (QED) is 0.222. The van der Waals surface area contributed by atoms with Gasteiger partial charge in [0.25, 0.3) is 5.91 Å². The maximum absolute atomic E-state index is 12.5. The van der Waals surface area contributed by atoms with Gasteiger partial charge in [0.1, 0.15) is 30.6 Å². The van der Waals surface area contributed by atoms with Crippen LogP contribution in [0.2, 0.25) is 0 Å². The molecular formula is C26H25N3O6S. The number of nitrogens with zero attached hydrogens (tertiary/aromatic N) is 2. The monoisotopic (exact) mass is 507 g/mol. The molecule has 0 fully saturated rings. The van der Waals surface area contributed by atoms with Crippen molar-refractivity contribution < 1.29 is 28.9 Å². The molecule has 2 aromatic carbocycles. The minimum absolute atomic E-state index is 0.150. The largest absolute Gasteiger partial charge is 0.493 e. The number of anilines is 1. The number of amides is 1. The Morgan fingerprint density at radius 3 is 2.53 bits per heavy atom. The first-order valence-corrected chi connectivity index (χ1v) is 11.8. The molecule has 1 heterocycles. The van der Waals surface area contributed by atoms with Crippen LogP contribution in [0.25, 0.3) is 6.08 Å². The number of aromatic nitrogens is 1. The van der Waals surface area contributed by atoms with Gasteiger partial charge in [0.2, 0.25) is 0 Å². The van der Waals surface area contributed by atoms with Crippen molar-refractivity contribution in [2.75, 3.05) is 25.6 Å². The number of carbonyl (C=O) groups is 2. The number of benzene rings is 2. The highest BCUT2D eigenvalue weighted by Crippen LogP contribution is 2.29. The van der Waals surface area contributed by atoms with E-state index in [1.54, 1.807) is 18.2 Å². The highest BCUT2D eigenvalue weighted by atomic mass is 32.1. The summed E-state index contributed by atoms with van der Waals surface area (Å²) in [4.78, 5) is 27.3. The first kappa shape index (κ1) is 26.2. The molecule has 0 saturated carbocycles. The Morgan fingerprint density at radius 1 is 1.14 bits per heavy atom. The average Bonchev–Trinajstić information content (AvgIpc) is 3.27. The molecule has 0 aliphatic heterocycles. The number of nitriles is 1. The fourth-order valence-electron chi connectivity index (χ4n) is 3.30. The fourth-order valence-corrected chi connectivity index (χ4v) is 4.00. The molecule has 1 amide bonds. The molecule has 0 saturated heterocycles. The number of methoxy groups -OCH3 is 1. The van der Waals surface area contributed by atoms with E-state index in [9.17, 15) is 14.9 Å². The van der Waals surface area contributed by atoms with Crippen LogP contribution < -0.4 is 19.5 Å². The summed E-state index contributed by atoms with van der Waals surface area (Å²) in [6.45, 7) is 4.62. The van der Waals surface area contributed by atoms with Crippen molar-refractivity contribution in [2.45, 2.75) is 20.3 Å². The lowest BCUT2D eigenvalue weighted by molar-refractivity contribution is -0.136. The summed E-state index contributed by atoms with van der Waals surface area (Å²) in [6.07, 6.45) is 1.16. The van der Waals surface area contributed by atoms with Crippen LogP contribution >= 0.6 is 11.3 Å². The molecule has 1 aromatic heterocycles. The molecule has 0 aliphatic carbocycles. The predicted octanol–water partition coefficient (Wildman–Crippen LogP) is 4.40. The maximum atomic E-state index is 12.5. The number of carboxylic acid groups (broad SMARTS) is 1. The number of hydrogen-bond donors (Lipinski definition) is 2. The lowest BCUT2D eigenvalue weighted by Crippen LogP contribution is -2.13. The summed E-state index contributed by atoms with van der Waals surface area (Å²) in [5.74, 6) is 0.0951. The maximum Gasteiger partial charge on any atom is 0.309 e. The van der Waals surface area contributed by atoms with E-state index in [1.165, 1.54) is 18.6 Å². The van der Waals surface area contributed by atoms with E-state index >= 15 is 0 Å². The third kappa shape index (κ3) is 7.07. The summed E-state index contributed by atoms with van der Waals surface area (Å²) in [5, 5.41) is 22.6. The minimum atomic E-state index is -1.02. The van der Waals surface area contributed by atoms with Crippen molar-refractivity contribution in [2.24, 2.45) is 0 Å². The van der Waals surface area contributed by atoms with Gasteiger partial charge in [-0.1, -0.05) is 24.3 Å². The van der Waals surface area contributed by atoms with E-state index in [4.69, 9.17) is 19.3 Å². The van der Waals surface area contributed by atoms with Crippen LogP contribution in [0.15, 0.2) is 47.4 Å². The Hall–Kier alpha value is -4.36. The van der Waals surface area contributed by atoms with Crippen LogP contribution in [0, 0.1) is 25.2 Å². The second-order valence-electron chi connectivity index (χ2n) is 7.67. The number of ether oxygens (including phenoxy) is 3. The van der Waals surface area contributed by atoms with Crippen LogP contribution in [-0.4, -0.2) is 42.3 Å². The summed E-state index contributed by atoms with van der Waals surface area (Å²) in [6, 6.07) is 12.9.